The Bertz CT molecular complexity index is 448. The molecule has 0 unspecified atom stereocenters. The molecule has 1 aliphatic heterocycles. The Labute approximate surface area is 114 Å². The molecule has 1 aromatic heterocycles. The Kier molecular flexibility index (Phi) is 3.67. The van der Waals surface area contributed by atoms with Crippen LogP contribution in [0, 0.1) is 0 Å². The maximum atomic E-state index is 12.0. The number of aromatic nitrogens is 1. The molecule has 0 atom stereocenters. The number of rotatable bonds is 3. The van der Waals surface area contributed by atoms with Crippen molar-refractivity contribution in [3.8, 4) is 0 Å². The minimum absolute atomic E-state index is 0.0285. The molecule has 0 bridgehead atoms. The first-order valence-electron chi connectivity index (χ1n) is 7.35. The molecule has 0 radical (unpaired) electrons. The molecule has 19 heavy (non-hydrogen) atoms. The summed E-state index contributed by atoms with van der Waals surface area (Å²) in [7, 11) is 0. The number of carbonyl (C=O) groups is 1. The van der Waals surface area contributed by atoms with Crippen LogP contribution in [0.2, 0.25) is 0 Å². The van der Waals surface area contributed by atoms with E-state index in [0.717, 1.165) is 31.6 Å². The fourth-order valence-corrected chi connectivity index (χ4v) is 2.56. The summed E-state index contributed by atoms with van der Waals surface area (Å²) in [5.74, 6) is -0.0285. The van der Waals surface area contributed by atoms with Crippen LogP contribution in [-0.4, -0.2) is 30.0 Å². The first-order valence-corrected chi connectivity index (χ1v) is 7.35. The summed E-state index contributed by atoms with van der Waals surface area (Å²) >= 11 is 0. The van der Waals surface area contributed by atoms with Crippen molar-refractivity contribution in [2.24, 2.45) is 0 Å². The average Bonchev–Trinajstić information content (AvgIpc) is 3.25. The topological polar surface area (TPSA) is 45.2 Å². The van der Waals surface area contributed by atoms with Crippen molar-refractivity contribution in [2.75, 3.05) is 18.0 Å². The van der Waals surface area contributed by atoms with Crippen molar-refractivity contribution in [3.63, 3.8) is 0 Å². The summed E-state index contributed by atoms with van der Waals surface area (Å²) in [5, 5.41) is 2.99. The van der Waals surface area contributed by atoms with E-state index < -0.39 is 0 Å². The maximum absolute atomic E-state index is 12.0. The zero-order valence-corrected chi connectivity index (χ0v) is 11.3. The highest BCUT2D eigenvalue weighted by Crippen LogP contribution is 2.21. The molecule has 1 amide bonds. The van der Waals surface area contributed by atoms with Crippen molar-refractivity contribution in [1.82, 2.24) is 10.3 Å². The fraction of sp³-hybridized carbons (Fsp3) is 0.600. The van der Waals surface area contributed by atoms with Gasteiger partial charge in [0.1, 0.15) is 5.69 Å². The predicted molar refractivity (Wildman–Crippen MR) is 75.4 cm³/mol. The van der Waals surface area contributed by atoms with E-state index >= 15 is 0 Å². The third-order valence-corrected chi connectivity index (χ3v) is 3.86. The lowest BCUT2D eigenvalue weighted by atomic mass is 10.2. The summed E-state index contributed by atoms with van der Waals surface area (Å²) in [5.41, 5.74) is 1.69. The van der Waals surface area contributed by atoms with Gasteiger partial charge >= 0.3 is 0 Å². The molecule has 4 nitrogen and oxygen atoms in total. The molecule has 0 spiro atoms. The fourth-order valence-electron chi connectivity index (χ4n) is 2.56. The van der Waals surface area contributed by atoms with Crippen LogP contribution in [0.15, 0.2) is 18.3 Å². The van der Waals surface area contributed by atoms with Gasteiger partial charge in [0.15, 0.2) is 0 Å². The van der Waals surface area contributed by atoms with Gasteiger partial charge in [-0.25, -0.2) is 0 Å². The standard InChI is InChI=1S/C15H21N3O/c19-15(17-12-5-6-12)14-11-13(7-8-16-14)18-9-3-1-2-4-10-18/h7-8,11-12H,1-6,9-10H2,(H,17,19). The van der Waals surface area contributed by atoms with Crippen LogP contribution in [0.25, 0.3) is 0 Å². The Balaban J connectivity index is 1.72. The summed E-state index contributed by atoms with van der Waals surface area (Å²) < 4.78 is 0. The number of nitrogens with one attached hydrogen (secondary N) is 1. The van der Waals surface area contributed by atoms with Crippen LogP contribution >= 0.6 is 0 Å². The molecular weight excluding hydrogens is 238 g/mol. The van der Waals surface area contributed by atoms with Gasteiger partial charge in [-0.15, -0.1) is 0 Å². The number of hydrogen-bond donors (Lipinski definition) is 1. The molecule has 2 aliphatic rings. The third kappa shape index (κ3) is 3.25. The summed E-state index contributed by atoms with van der Waals surface area (Å²) in [6.45, 7) is 2.18. The van der Waals surface area contributed by atoms with E-state index in [4.69, 9.17) is 0 Å². The Morgan fingerprint density at radius 2 is 1.95 bits per heavy atom. The van der Waals surface area contributed by atoms with Crippen LogP contribution < -0.4 is 10.2 Å². The van der Waals surface area contributed by atoms with Crippen LogP contribution in [0.5, 0.6) is 0 Å². The molecule has 1 aliphatic carbocycles. The molecule has 102 valence electrons. The van der Waals surface area contributed by atoms with Gasteiger partial charge < -0.3 is 10.2 Å². The van der Waals surface area contributed by atoms with Crippen LogP contribution in [0.3, 0.4) is 0 Å². The zero-order chi connectivity index (χ0) is 13.1. The van der Waals surface area contributed by atoms with Crippen molar-refractivity contribution >= 4 is 11.6 Å². The summed E-state index contributed by atoms with van der Waals surface area (Å²) in [4.78, 5) is 18.6. The molecular formula is C15H21N3O. The van der Waals surface area contributed by atoms with Gasteiger partial charge in [-0.2, -0.15) is 0 Å². The van der Waals surface area contributed by atoms with Gasteiger partial charge in [-0.3, -0.25) is 9.78 Å². The molecule has 1 aromatic rings. The Morgan fingerprint density at radius 3 is 2.63 bits per heavy atom. The van der Waals surface area contributed by atoms with E-state index in [1.54, 1.807) is 6.20 Å². The highest BCUT2D eigenvalue weighted by Gasteiger charge is 2.24. The zero-order valence-electron chi connectivity index (χ0n) is 11.3. The van der Waals surface area contributed by atoms with Crippen LogP contribution in [-0.2, 0) is 0 Å². The first kappa shape index (κ1) is 12.5. The second-order valence-corrected chi connectivity index (χ2v) is 5.55. The number of nitrogens with zero attached hydrogens (tertiary/aromatic N) is 2. The second kappa shape index (κ2) is 5.59. The average molecular weight is 259 g/mol. The highest BCUT2D eigenvalue weighted by atomic mass is 16.2. The summed E-state index contributed by atoms with van der Waals surface area (Å²) in [6.07, 6.45) is 9.09. The van der Waals surface area contributed by atoms with Crippen molar-refractivity contribution in [2.45, 2.75) is 44.6 Å². The minimum Gasteiger partial charge on any atom is -0.371 e. The van der Waals surface area contributed by atoms with Gasteiger partial charge in [0.2, 0.25) is 0 Å². The lowest BCUT2D eigenvalue weighted by Crippen LogP contribution is -2.28. The Morgan fingerprint density at radius 1 is 1.21 bits per heavy atom. The van der Waals surface area contributed by atoms with Gasteiger partial charge in [0.05, 0.1) is 0 Å². The van der Waals surface area contributed by atoms with Crippen molar-refractivity contribution < 1.29 is 4.79 Å². The molecule has 1 saturated carbocycles. The van der Waals surface area contributed by atoms with Gasteiger partial charge in [0, 0.05) is 31.0 Å². The quantitative estimate of drug-likeness (QED) is 0.906. The molecule has 1 N–H and O–H groups in total. The maximum Gasteiger partial charge on any atom is 0.270 e. The SMILES string of the molecule is O=C(NC1CC1)c1cc(N2CCCCCC2)ccn1. The monoisotopic (exact) mass is 259 g/mol. The largest absolute Gasteiger partial charge is 0.371 e. The lowest BCUT2D eigenvalue weighted by molar-refractivity contribution is 0.0946. The molecule has 4 heteroatoms. The van der Waals surface area contributed by atoms with Crippen molar-refractivity contribution in [3.05, 3.63) is 24.0 Å². The van der Waals surface area contributed by atoms with Gasteiger partial charge in [0.25, 0.3) is 5.91 Å². The third-order valence-electron chi connectivity index (χ3n) is 3.86. The Hall–Kier alpha value is -1.58. The summed E-state index contributed by atoms with van der Waals surface area (Å²) in [6, 6.07) is 4.33. The predicted octanol–water partition coefficient (Wildman–Crippen LogP) is 2.35. The molecule has 3 rings (SSSR count). The van der Waals surface area contributed by atoms with E-state index in [2.05, 4.69) is 15.2 Å². The minimum atomic E-state index is -0.0285. The second-order valence-electron chi connectivity index (χ2n) is 5.55. The first-order chi connectivity index (χ1) is 9.33. The number of amides is 1. The number of hydrogen-bond acceptors (Lipinski definition) is 3. The lowest BCUT2D eigenvalue weighted by Gasteiger charge is -2.22. The smallest absolute Gasteiger partial charge is 0.270 e. The molecule has 2 heterocycles. The number of carbonyl (C=O) groups excluding carboxylic acids is 1. The molecule has 1 saturated heterocycles. The normalized spacial score (nSPS) is 19.9. The van der Waals surface area contributed by atoms with Crippen LogP contribution in [0.4, 0.5) is 5.69 Å². The number of pyridine rings is 1. The van der Waals surface area contributed by atoms with E-state index in [-0.39, 0.29) is 5.91 Å². The molecule has 2 fully saturated rings. The van der Waals surface area contributed by atoms with Crippen LogP contribution in [0.1, 0.15) is 49.0 Å². The van der Waals surface area contributed by atoms with E-state index in [9.17, 15) is 4.79 Å². The molecule has 0 aromatic carbocycles. The van der Waals surface area contributed by atoms with Crippen molar-refractivity contribution in [1.29, 1.82) is 0 Å². The highest BCUT2D eigenvalue weighted by molar-refractivity contribution is 5.93. The number of anilines is 1. The van der Waals surface area contributed by atoms with Gasteiger partial charge in [-0.05, 0) is 37.8 Å². The van der Waals surface area contributed by atoms with Gasteiger partial charge in [-0.1, -0.05) is 12.8 Å². The van der Waals surface area contributed by atoms with E-state index in [0.29, 0.717) is 11.7 Å². The van der Waals surface area contributed by atoms with E-state index in [1.165, 1.54) is 25.7 Å². The van der Waals surface area contributed by atoms with E-state index in [1.807, 2.05) is 12.1 Å².